The van der Waals surface area contributed by atoms with Crippen molar-refractivity contribution in [3.8, 4) is 61.3 Å². The van der Waals surface area contributed by atoms with Crippen molar-refractivity contribution in [3.05, 3.63) is 402 Å². The highest BCUT2D eigenvalue weighted by Gasteiger charge is 2.45. The lowest BCUT2D eigenvalue weighted by Gasteiger charge is -2.45. The van der Waals surface area contributed by atoms with E-state index in [4.69, 9.17) is 0 Å². The summed E-state index contributed by atoms with van der Waals surface area (Å²) in [6.45, 7) is 43.9. The predicted octanol–water partition coefficient (Wildman–Crippen LogP) is 31.3. The van der Waals surface area contributed by atoms with E-state index in [2.05, 4.69) is 500 Å². The molecule has 2 aliphatic rings. The topological polar surface area (TPSA) is 19.6 Å². The van der Waals surface area contributed by atoms with Gasteiger partial charge in [-0.05, 0) is 258 Å². The molecule has 0 N–H and O–H groups in total. The molecule has 0 saturated carbocycles. The van der Waals surface area contributed by atoms with Crippen molar-refractivity contribution in [3.63, 3.8) is 0 Å². The van der Waals surface area contributed by atoms with Crippen LogP contribution in [-0.4, -0.2) is 15.8 Å². The molecule has 20 rings (SSSR count). The third-order valence-corrected chi connectivity index (χ3v) is 27.7. The van der Waals surface area contributed by atoms with Gasteiger partial charge in [-0.15, -0.1) is 0 Å². The van der Waals surface area contributed by atoms with E-state index in [0.717, 1.165) is 22.7 Å². The second-order valence-corrected chi connectivity index (χ2v) is 42.6. The maximum Gasteiger partial charge on any atom is 0.252 e. The van der Waals surface area contributed by atoms with Crippen LogP contribution >= 0.6 is 0 Å². The summed E-state index contributed by atoms with van der Waals surface area (Å²) in [5, 5.41) is 4.94. The minimum Gasteiger partial charge on any atom is -0.338 e. The molecule has 6 heteroatoms. The Bertz CT molecular complexity index is 7090. The fourth-order valence-corrected chi connectivity index (χ4v) is 20.3. The number of anilines is 7. The molecule has 4 heterocycles. The van der Waals surface area contributed by atoms with Crippen LogP contribution in [0.2, 0.25) is 0 Å². The number of benzene rings is 16. The Morgan fingerprint density at radius 3 is 1.03 bits per heavy atom. The van der Waals surface area contributed by atoms with E-state index in [1.54, 1.807) is 0 Å². The van der Waals surface area contributed by atoms with Crippen molar-refractivity contribution in [2.24, 2.45) is 0 Å². The monoisotopic (exact) mass is 1680 g/mol. The third kappa shape index (κ3) is 15.5. The largest absolute Gasteiger partial charge is 0.338 e. The zero-order chi connectivity index (χ0) is 89.5. The van der Waals surface area contributed by atoms with Gasteiger partial charge < -0.3 is 23.8 Å². The highest BCUT2D eigenvalue weighted by molar-refractivity contribution is 7.00. The van der Waals surface area contributed by atoms with Crippen LogP contribution in [-0.2, 0) is 52.1 Å². The molecular weight excluding hydrogens is 1560 g/mol. The van der Waals surface area contributed by atoms with Gasteiger partial charge in [-0.2, -0.15) is 0 Å². The molecule has 0 saturated heterocycles. The first-order chi connectivity index (χ1) is 61.7. The molecule has 0 atom stereocenters. The quantitative estimate of drug-likeness (QED) is 0.0954. The third-order valence-electron chi connectivity index (χ3n) is 27.7. The van der Waals surface area contributed by atoms with Crippen LogP contribution in [0, 0.1) is 0 Å². The smallest absolute Gasteiger partial charge is 0.252 e. The lowest BCUT2D eigenvalue weighted by Crippen LogP contribution is -2.62. The van der Waals surface area contributed by atoms with Crippen LogP contribution in [0.1, 0.15) is 175 Å². The summed E-state index contributed by atoms with van der Waals surface area (Å²) in [5.41, 5.74) is 40.7. The van der Waals surface area contributed by atoms with Gasteiger partial charge in [0.05, 0.1) is 11.0 Å². The van der Waals surface area contributed by atoms with Crippen LogP contribution in [0.5, 0.6) is 0 Å². The maximum atomic E-state index is 2.80. The predicted molar refractivity (Wildman–Crippen MR) is 556 cm³/mol. The molecular formula is C123H118BN5. The molecule has 129 heavy (non-hydrogen) atoms. The molecule has 0 spiro atoms. The van der Waals surface area contributed by atoms with E-state index in [-0.39, 0.29) is 39.2 Å². The maximum absolute atomic E-state index is 2.80. The highest BCUT2D eigenvalue weighted by atomic mass is 15.2. The number of rotatable bonds is 15. The average Bonchev–Trinajstić information content (AvgIpc) is 1.13. The van der Waals surface area contributed by atoms with Crippen molar-refractivity contribution < 1.29 is 0 Å². The molecule has 5 nitrogen and oxygen atoms in total. The zero-order valence-electron chi connectivity index (χ0n) is 78.4. The van der Waals surface area contributed by atoms with E-state index in [0.29, 0.717) is 19.6 Å². The van der Waals surface area contributed by atoms with E-state index < -0.39 is 0 Å². The number of aromatic nitrogens is 2. The van der Waals surface area contributed by atoms with Crippen LogP contribution in [0.25, 0.3) is 105 Å². The van der Waals surface area contributed by atoms with Crippen molar-refractivity contribution in [2.45, 2.75) is 177 Å². The van der Waals surface area contributed by atoms with Gasteiger partial charge >= 0.3 is 0 Å². The Morgan fingerprint density at radius 1 is 0.240 bits per heavy atom. The fourth-order valence-electron chi connectivity index (χ4n) is 20.3. The van der Waals surface area contributed by atoms with Crippen molar-refractivity contribution in [2.75, 3.05) is 14.7 Å². The highest BCUT2D eigenvalue weighted by Crippen LogP contribution is 2.51. The molecule has 0 fully saturated rings. The van der Waals surface area contributed by atoms with Gasteiger partial charge in [-0.1, -0.05) is 373 Å². The van der Waals surface area contributed by atoms with Gasteiger partial charge in [0.15, 0.2) is 0 Å². The summed E-state index contributed by atoms with van der Waals surface area (Å²) in [7, 11) is 0. The first-order valence-electron chi connectivity index (χ1n) is 46.5. The molecule has 0 radical (unpaired) electrons. The number of hydrogen-bond donors (Lipinski definition) is 0. The van der Waals surface area contributed by atoms with Crippen LogP contribution in [0.4, 0.5) is 39.8 Å². The van der Waals surface area contributed by atoms with Gasteiger partial charge in [0, 0.05) is 97.7 Å². The molecule has 18 aromatic rings. The summed E-state index contributed by atoms with van der Waals surface area (Å²) in [5.74, 6) is 0. The number of nitrogens with zero attached hydrogens (tertiary/aromatic N) is 5. The molecule has 2 aromatic heterocycles. The number of hydrogen-bond acceptors (Lipinski definition) is 3. The van der Waals surface area contributed by atoms with Crippen LogP contribution < -0.4 is 31.1 Å². The van der Waals surface area contributed by atoms with E-state index in [9.17, 15) is 0 Å². The van der Waals surface area contributed by atoms with Gasteiger partial charge in [-0.3, -0.25) is 0 Å². The normalized spacial score (nSPS) is 13.1. The molecule has 2 aliphatic heterocycles. The lowest BCUT2D eigenvalue weighted by molar-refractivity contribution is 0.569. The van der Waals surface area contributed by atoms with Gasteiger partial charge in [0.1, 0.15) is 0 Å². The average molecular weight is 1680 g/mol. The SMILES string of the molecule is CC(C)(C)c1cc(-c2ccc3c(c2)N(Cc2c(-c4ccccc4)cc(C(C)(C)C)cc2-c2ccccc2)c2cc(Cn4c5ccccc5c5cc(N(c6ccccc6)c6ccccc6)ccc54)cc4c2B3c2ccc(-n3c5ccc(C(C)(C)C)cc5c5cc(C(C)(C)C)ccc53)cc2N4Cc2c(-c3ccccc3)cc(C(C)(C)C)cc2-c2ccccc2)cc(C(C)(C)C)c1. The fraction of sp³-hybridized carbons (Fsp3) is 0.220. The van der Waals surface area contributed by atoms with Crippen molar-refractivity contribution in [1.29, 1.82) is 0 Å². The Morgan fingerprint density at radius 2 is 0.605 bits per heavy atom. The number of para-hydroxylation sites is 3. The molecule has 0 aliphatic carbocycles. The molecule has 0 unspecified atom stereocenters. The molecule has 638 valence electrons. The zero-order valence-corrected chi connectivity index (χ0v) is 78.4. The Kier molecular flexibility index (Phi) is 20.7. The first kappa shape index (κ1) is 83.8. The second kappa shape index (κ2) is 31.8. The molecule has 16 aromatic carbocycles. The summed E-state index contributed by atoms with van der Waals surface area (Å²) in [4.78, 5) is 8.01. The van der Waals surface area contributed by atoms with Crippen LogP contribution in [0.3, 0.4) is 0 Å². The van der Waals surface area contributed by atoms with Crippen LogP contribution in [0.15, 0.2) is 352 Å². The van der Waals surface area contributed by atoms with Gasteiger partial charge in [-0.25, -0.2) is 0 Å². The Hall–Kier alpha value is -13.4. The summed E-state index contributed by atoms with van der Waals surface area (Å²) in [6.07, 6.45) is 0. The second-order valence-electron chi connectivity index (χ2n) is 42.6. The van der Waals surface area contributed by atoms with Crippen molar-refractivity contribution >= 4 is 107 Å². The van der Waals surface area contributed by atoms with E-state index >= 15 is 0 Å². The molecule has 0 amide bonds. The van der Waals surface area contributed by atoms with E-state index in [1.165, 1.54) is 188 Å². The summed E-state index contributed by atoms with van der Waals surface area (Å²) >= 11 is 0. The first-order valence-corrected chi connectivity index (χ1v) is 46.5. The standard InChI is InChI=1S/C123H118BN5/c1-118(2,3)87-54-60-111-102(69-87)103-70-88(119(4,5)6)55-61-112(103)129(111)96-56-59-108-114(76-96)127(79-106-100(83-43-29-21-30-44-83)73-92(123(16,17)18)74-101(106)84-45-31-22-32-46-84)116-64-80(77-125-109-52-38-37-51-97(109)104-75-95(57-62-110(104)125)128(93-47-33-23-34-48-93)94-49-35-24-36-50-94)63-115-117(116)124(108)107-58-53-85(86-65-89(120(7,8)9)68-90(66-86)121(10,11)12)67-113(107)126(115)78-105-98(81-39-25-19-26-40-81)71-91(122(13,14)15)72-99(105)82-41-27-20-28-42-82/h19-76H,77-79H2,1-18H3. The van der Waals surface area contributed by atoms with E-state index in [1.807, 2.05) is 0 Å². The molecule has 0 bridgehead atoms. The Labute approximate surface area is 765 Å². The van der Waals surface area contributed by atoms with Crippen molar-refractivity contribution in [1.82, 2.24) is 9.13 Å². The van der Waals surface area contributed by atoms with Gasteiger partial charge in [0.25, 0.3) is 6.71 Å². The minimum atomic E-state index is -0.239. The minimum absolute atomic E-state index is 0.0776. The summed E-state index contributed by atoms with van der Waals surface area (Å²) < 4.78 is 5.22. The Balaban J connectivity index is 0.926. The van der Waals surface area contributed by atoms with Gasteiger partial charge in [0.2, 0.25) is 0 Å². The summed E-state index contributed by atoms with van der Waals surface area (Å²) in [6, 6.07) is 136. The number of fused-ring (bicyclic) bond motifs is 10. The lowest BCUT2D eigenvalue weighted by atomic mass is 9.33.